The third-order valence-corrected chi connectivity index (χ3v) is 2.38. The first-order valence-electron chi connectivity index (χ1n) is 2.96. The maximum atomic E-state index is 9.13. The molecule has 0 unspecified atom stereocenters. The molecule has 60 valence electrons. The highest BCUT2D eigenvalue weighted by molar-refractivity contribution is 14.1. The zero-order valence-electron chi connectivity index (χ0n) is 5.58. The smallest absolute Gasteiger partial charge is 0.133 e. The van der Waals surface area contributed by atoms with E-state index in [9.17, 15) is 0 Å². The molecule has 0 saturated carbocycles. The first-order valence-corrected chi connectivity index (χ1v) is 4.04. The molecular weight excluding hydrogens is 259 g/mol. The van der Waals surface area contributed by atoms with Crippen LogP contribution < -0.4 is 0 Å². The Morgan fingerprint density at radius 3 is 2.00 bits per heavy atom. The summed E-state index contributed by atoms with van der Waals surface area (Å²) < 4.78 is 0.403. The van der Waals surface area contributed by atoms with Crippen LogP contribution in [-0.2, 0) is 6.61 Å². The quantitative estimate of drug-likeness (QED) is 0.669. The van der Waals surface area contributed by atoms with E-state index in [1.54, 1.807) is 0 Å². The molecule has 0 spiro atoms. The number of hydrogen-bond donors (Lipinski definition) is 3. The summed E-state index contributed by atoms with van der Waals surface area (Å²) in [6.45, 7) is -0.183. The van der Waals surface area contributed by atoms with Crippen LogP contribution in [0.5, 0.6) is 11.5 Å². The summed E-state index contributed by atoms with van der Waals surface area (Å²) in [5.74, 6) is -0.00991. The van der Waals surface area contributed by atoms with E-state index in [4.69, 9.17) is 15.3 Å². The zero-order chi connectivity index (χ0) is 8.43. The van der Waals surface area contributed by atoms with Crippen LogP contribution in [0.4, 0.5) is 0 Å². The lowest BCUT2D eigenvalue weighted by Crippen LogP contribution is -1.84. The Bertz CT molecular complexity index is 249. The average molecular weight is 266 g/mol. The molecule has 0 saturated heterocycles. The summed E-state index contributed by atoms with van der Waals surface area (Å²) in [4.78, 5) is 0. The lowest BCUT2D eigenvalue weighted by atomic mass is 10.2. The lowest BCUT2D eigenvalue weighted by molar-refractivity contribution is 0.280. The summed E-state index contributed by atoms with van der Waals surface area (Å²) in [6, 6.07) is 2.84. The molecule has 0 amide bonds. The van der Waals surface area contributed by atoms with Crippen molar-refractivity contribution >= 4 is 22.6 Å². The van der Waals surface area contributed by atoms with Gasteiger partial charge in [-0.25, -0.2) is 0 Å². The minimum atomic E-state index is -0.183. The van der Waals surface area contributed by atoms with E-state index in [1.807, 2.05) is 22.6 Å². The number of aromatic hydroxyl groups is 2. The molecular formula is C7H7IO3. The maximum absolute atomic E-state index is 9.13. The molecule has 11 heavy (non-hydrogen) atoms. The maximum Gasteiger partial charge on any atom is 0.133 e. The van der Waals surface area contributed by atoms with Crippen LogP contribution in [0, 0.1) is 3.57 Å². The number of phenols is 2. The van der Waals surface area contributed by atoms with Crippen molar-refractivity contribution in [3.05, 3.63) is 21.3 Å². The largest absolute Gasteiger partial charge is 0.507 e. The molecule has 4 heteroatoms. The van der Waals surface area contributed by atoms with Gasteiger partial charge in [0.15, 0.2) is 0 Å². The van der Waals surface area contributed by atoms with Crippen molar-refractivity contribution in [3.8, 4) is 11.5 Å². The Hall–Kier alpha value is -0.490. The molecule has 1 aromatic carbocycles. The van der Waals surface area contributed by atoms with Crippen LogP contribution in [0.1, 0.15) is 5.56 Å². The number of halogens is 1. The van der Waals surface area contributed by atoms with Gasteiger partial charge in [-0.15, -0.1) is 0 Å². The van der Waals surface area contributed by atoms with Crippen molar-refractivity contribution in [1.29, 1.82) is 0 Å². The van der Waals surface area contributed by atoms with Crippen LogP contribution in [0.25, 0.3) is 0 Å². The van der Waals surface area contributed by atoms with Crippen LogP contribution in [0.2, 0.25) is 0 Å². The number of hydrogen-bond acceptors (Lipinski definition) is 3. The van der Waals surface area contributed by atoms with E-state index in [-0.39, 0.29) is 18.1 Å². The third kappa shape index (κ3) is 1.75. The van der Waals surface area contributed by atoms with Gasteiger partial charge in [-0.2, -0.15) is 0 Å². The molecule has 1 rings (SSSR count). The number of rotatable bonds is 1. The van der Waals surface area contributed by atoms with Crippen molar-refractivity contribution in [3.63, 3.8) is 0 Å². The lowest BCUT2D eigenvalue weighted by Gasteiger charge is -2.02. The third-order valence-electron chi connectivity index (χ3n) is 1.28. The first kappa shape index (κ1) is 8.61. The van der Waals surface area contributed by atoms with Crippen LogP contribution in [0.3, 0.4) is 0 Å². The van der Waals surface area contributed by atoms with Gasteiger partial charge in [-0.05, 0) is 40.3 Å². The van der Waals surface area contributed by atoms with Crippen molar-refractivity contribution in [2.24, 2.45) is 0 Å². The average Bonchev–Trinajstić information content (AvgIpc) is 1.99. The molecule has 1 aromatic rings. The van der Waals surface area contributed by atoms with Crippen molar-refractivity contribution in [2.45, 2.75) is 6.61 Å². The molecule has 0 aliphatic rings. The van der Waals surface area contributed by atoms with Crippen LogP contribution >= 0.6 is 22.6 Å². The van der Waals surface area contributed by atoms with Crippen molar-refractivity contribution in [1.82, 2.24) is 0 Å². The second-order valence-electron chi connectivity index (χ2n) is 2.11. The summed E-state index contributed by atoms with van der Waals surface area (Å²) in [7, 11) is 0. The second-order valence-corrected chi connectivity index (χ2v) is 3.18. The number of aliphatic hydroxyl groups excluding tert-OH is 1. The number of phenolic OH excluding ortho intramolecular Hbond substituents is 2. The molecule has 0 aliphatic heterocycles. The fourth-order valence-electron chi connectivity index (χ4n) is 0.742. The minimum Gasteiger partial charge on any atom is -0.507 e. The van der Waals surface area contributed by atoms with Crippen LogP contribution in [0.15, 0.2) is 12.1 Å². The van der Waals surface area contributed by atoms with E-state index in [0.717, 1.165) is 0 Å². The van der Waals surface area contributed by atoms with Gasteiger partial charge in [-0.1, -0.05) is 0 Å². The van der Waals surface area contributed by atoms with Crippen molar-refractivity contribution in [2.75, 3.05) is 0 Å². The van der Waals surface area contributed by atoms with Gasteiger partial charge in [-0.3, -0.25) is 0 Å². The highest BCUT2D eigenvalue weighted by Crippen LogP contribution is 2.29. The monoisotopic (exact) mass is 266 g/mol. The fourth-order valence-corrected chi connectivity index (χ4v) is 1.05. The normalized spacial score (nSPS) is 10.0. The molecule has 0 fully saturated rings. The predicted molar refractivity (Wildman–Crippen MR) is 48.4 cm³/mol. The SMILES string of the molecule is OCc1cc(O)c(I)c(O)c1. The van der Waals surface area contributed by atoms with Gasteiger partial charge in [0.1, 0.15) is 11.5 Å². The first-order chi connectivity index (χ1) is 5.15. The van der Waals surface area contributed by atoms with Gasteiger partial charge in [0.25, 0.3) is 0 Å². The molecule has 0 bridgehead atoms. The van der Waals surface area contributed by atoms with E-state index < -0.39 is 0 Å². The Morgan fingerprint density at radius 2 is 1.64 bits per heavy atom. The highest BCUT2D eigenvalue weighted by atomic mass is 127. The predicted octanol–water partition coefficient (Wildman–Crippen LogP) is 1.19. The molecule has 3 nitrogen and oxygen atoms in total. The minimum absolute atomic E-state index is 0.00495. The topological polar surface area (TPSA) is 60.7 Å². The van der Waals surface area contributed by atoms with Gasteiger partial charge >= 0.3 is 0 Å². The van der Waals surface area contributed by atoms with Crippen molar-refractivity contribution < 1.29 is 15.3 Å². The number of aliphatic hydroxyl groups is 1. The summed E-state index contributed by atoms with van der Waals surface area (Å²) in [5.41, 5.74) is 0.500. The molecule has 0 atom stereocenters. The van der Waals surface area contributed by atoms with E-state index in [0.29, 0.717) is 9.13 Å². The van der Waals surface area contributed by atoms with Gasteiger partial charge in [0.05, 0.1) is 10.2 Å². The Kier molecular flexibility index (Phi) is 2.56. The zero-order valence-corrected chi connectivity index (χ0v) is 7.74. The standard InChI is InChI=1S/C7H7IO3/c8-7-5(10)1-4(3-9)2-6(7)11/h1-2,9-11H,3H2. The Morgan fingerprint density at radius 1 is 1.18 bits per heavy atom. The van der Waals surface area contributed by atoms with E-state index >= 15 is 0 Å². The number of benzene rings is 1. The summed E-state index contributed by atoms with van der Waals surface area (Å²) in [5, 5.41) is 26.9. The Balaban J connectivity index is 3.21. The van der Waals surface area contributed by atoms with Gasteiger partial charge in [0, 0.05) is 0 Å². The van der Waals surface area contributed by atoms with Gasteiger partial charge < -0.3 is 15.3 Å². The molecule has 0 radical (unpaired) electrons. The summed E-state index contributed by atoms with van der Waals surface area (Å²) in [6.07, 6.45) is 0. The fraction of sp³-hybridized carbons (Fsp3) is 0.143. The molecule has 0 heterocycles. The van der Waals surface area contributed by atoms with Gasteiger partial charge in [0.2, 0.25) is 0 Å². The Labute approximate surface area is 77.4 Å². The highest BCUT2D eigenvalue weighted by Gasteiger charge is 2.05. The van der Waals surface area contributed by atoms with E-state index in [1.165, 1.54) is 12.1 Å². The molecule has 0 aliphatic carbocycles. The van der Waals surface area contributed by atoms with Crippen LogP contribution in [-0.4, -0.2) is 15.3 Å². The summed E-state index contributed by atoms with van der Waals surface area (Å²) >= 11 is 1.82. The second kappa shape index (κ2) is 3.27. The van der Waals surface area contributed by atoms with E-state index in [2.05, 4.69) is 0 Å². The molecule has 3 N–H and O–H groups in total. The molecule has 0 aromatic heterocycles.